The SMILES string of the molecule is CC(C)NC(CCC(=O)O)C(O)c1ccc2c(c1)CCC2. The third-order valence-corrected chi connectivity index (χ3v) is 4.06. The molecule has 2 unspecified atom stereocenters. The fraction of sp³-hybridized carbons (Fsp3) is 0.588. The zero-order valence-corrected chi connectivity index (χ0v) is 12.8. The fourth-order valence-corrected chi connectivity index (χ4v) is 3.05. The Kier molecular flexibility index (Phi) is 5.37. The molecule has 1 aromatic carbocycles. The van der Waals surface area contributed by atoms with Gasteiger partial charge in [0.15, 0.2) is 0 Å². The van der Waals surface area contributed by atoms with Crippen LogP contribution in [0.3, 0.4) is 0 Å². The predicted molar refractivity (Wildman–Crippen MR) is 82.4 cm³/mol. The molecule has 2 rings (SSSR count). The lowest BCUT2D eigenvalue weighted by atomic mass is 9.95. The Morgan fingerprint density at radius 2 is 2.00 bits per heavy atom. The molecule has 1 aromatic rings. The monoisotopic (exact) mass is 291 g/mol. The molecule has 2 atom stereocenters. The first kappa shape index (κ1) is 16.0. The van der Waals surface area contributed by atoms with Crippen LogP contribution in [0.5, 0.6) is 0 Å². The van der Waals surface area contributed by atoms with Crippen LogP contribution in [0.2, 0.25) is 0 Å². The number of benzene rings is 1. The van der Waals surface area contributed by atoms with Crippen molar-refractivity contribution in [1.29, 1.82) is 0 Å². The van der Waals surface area contributed by atoms with Gasteiger partial charge in [0.1, 0.15) is 0 Å². The Hall–Kier alpha value is -1.39. The van der Waals surface area contributed by atoms with E-state index in [4.69, 9.17) is 5.11 Å². The minimum absolute atomic E-state index is 0.0619. The second-order valence-electron chi connectivity index (χ2n) is 6.19. The van der Waals surface area contributed by atoms with Crippen molar-refractivity contribution in [2.75, 3.05) is 0 Å². The molecule has 4 heteroatoms. The van der Waals surface area contributed by atoms with Crippen molar-refractivity contribution in [3.8, 4) is 0 Å². The Bertz CT molecular complexity index is 499. The molecule has 3 N–H and O–H groups in total. The minimum Gasteiger partial charge on any atom is -0.481 e. The maximum Gasteiger partial charge on any atom is 0.303 e. The summed E-state index contributed by atoms with van der Waals surface area (Å²) in [5.74, 6) is -0.827. The number of carbonyl (C=O) groups is 1. The van der Waals surface area contributed by atoms with E-state index in [-0.39, 0.29) is 18.5 Å². The van der Waals surface area contributed by atoms with E-state index in [1.807, 2.05) is 19.9 Å². The molecule has 4 nitrogen and oxygen atoms in total. The molecular formula is C17H25NO3. The molecule has 0 aliphatic heterocycles. The third kappa shape index (κ3) is 4.29. The van der Waals surface area contributed by atoms with Crippen LogP contribution < -0.4 is 5.32 Å². The first-order chi connectivity index (χ1) is 9.97. The quantitative estimate of drug-likeness (QED) is 0.721. The van der Waals surface area contributed by atoms with Gasteiger partial charge in [-0.25, -0.2) is 0 Å². The van der Waals surface area contributed by atoms with E-state index in [0.29, 0.717) is 6.42 Å². The summed E-state index contributed by atoms with van der Waals surface area (Å²) >= 11 is 0. The largest absolute Gasteiger partial charge is 0.481 e. The highest BCUT2D eigenvalue weighted by atomic mass is 16.4. The zero-order chi connectivity index (χ0) is 15.4. The van der Waals surface area contributed by atoms with Gasteiger partial charge in [0.25, 0.3) is 0 Å². The fourth-order valence-electron chi connectivity index (χ4n) is 3.05. The number of aliphatic hydroxyl groups excluding tert-OH is 1. The second-order valence-corrected chi connectivity index (χ2v) is 6.19. The van der Waals surface area contributed by atoms with Gasteiger partial charge in [0.05, 0.1) is 6.10 Å². The molecule has 0 spiro atoms. The van der Waals surface area contributed by atoms with E-state index in [1.54, 1.807) is 0 Å². The molecule has 0 saturated carbocycles. The summed E-state index contributed by atoms with van der Waals surface area (Å²) in [7, 11) is 0. The van der Waals surface area contributed by atoms with E-state index in [9.17, 15) is 9.90 Å². The molecule has 0 bridgehead atoms. The van der Waals surface area contributed by atoms with Crippen LogP contribution in [-0.2, 0) is 17.6 Å². The predicted octanol–water partition coefficient (Wildman–Crippen LogP) is 2.44. The molecule has 0 aromatic heterocycles. The van der Waals surface area contributed by atoms with Crippen molar-refractivity contribution in [1.82, 2.24) is 5.32 Å². The second kappa shape index (κ2) is 7.05. The van der Waals surface area contributed by atoms with Gasteiger partial charge >= 0.3 is 5.97 Å². The molecule has 0 radical (unpaired) electrons. The third-order valence-electron chi connectivity index (χ3n) is 4.06. The average Bonchev–Trinajstić information content (AvgIpc) is 2.89. The van der Waals surface area contributed by atoms with Gasteiger partial charge in [0, 0.05) is 18.5 Å². The van der Waals surface area contributed by atoms with Gasteiger partial charge in [0.2, 0.25) is 0 Å². The van der Waals surface area contributed by atoms with E-state index >= 15 is 0 Å². The van der Waals surface area contributed by atoms with Gasteiger partial charge in [-0.05, 0) is 42.4 Å². The van der Waals surface area contributed by atoms with Crippen LogP contribution in [0, 0.1) is 0 Å². The van der Waals surface area contributed by atoms with E-state index in [1.165, 1.54) is 17.5 Å². The van der Waals surface area contributed by atoms with Crippen molar-refractivity contribution in [2.24, 2.45) is 0 Å². The number of carboxylic acids is 1. The van der Waals surface area contributed by atoms with Crippen molar-refractivity contribution >= 4 is 5.97 Å². The number of aliphatic hydroxyl groups is 1. The van der Waals surface area contributed by atoms with E-state index in [2.05, 4.69) is 17.4 Å². The summed E-state index contributed by atoms with van der Waals surface area (Å²) in [6, 6.07) is 6.13. The first-order valence-corrected chi connectivity index (χ1v) is 7.75. The number of hydrogen-bond donors (Lipinski definition) is 3. The lowest BCUT2D eigenvalue weighted by Gasteiger charge is -2.26. The smallest absolute Gasteiger partial charge is 0.303 e. The van der Waals surface area contributed by atoms with Crippen LogP contribution in [0.4, 0.5) is 0 Å². The number of carboxylic acid groups (broad SMARTS) is 1. The van der Waals surface area contributed by atoms with Gasteiger partial charge < -0.3 is 15.5 Å². The summed E-state index contributed by atoms with van der Waals surface area (Å²) in [5.41, 5.74) is 3.59. The Balaban J connectivity index is 2.12. The van der Waals surface area contributed by atoms with Gasteiger partial charge in [-0.1, -0.05) is 32.0 Å². The molecule has 0 fully saturated rings. The van der Waals surface area contributed by atoms with E-state index in [0.717, 1.165) is 18.4 Å². The summed E-state index contributed by atoms with van der Waals surface area (Å²) in [4.78, 5) is 10.8. The number of hydrogen-bond acceptors (Lipinski definition) is 3. The standard InChI is InChI=1S/C17H25NO3/c1-11(2)18-15(8-9-16(19)20)17(21)14-7-6-12-4-3-5-13(12)10-14/h6-7,10-11,15,17-18,21H,3-5,8-9H2,1-2H3,(H,19,20). The lowest BCUT2D eigenvalue weighted by molar-refractivity contribution is -0.137. The highest BCUT2D eigenvalue weighted by Gasteiger charge is 2.23. The minimum atomic E-state index is -0.827. The van der Waals surface area contributed by atoms with Gasteiger partial charge in [-0.15, -0.1) is 0 Å². The molecule has 0 saturated heterocycles. The summed E-state index contributed by atoms with van der Waals surface area (Å²) < 4.78 is 0. The van der Waals surface area contributed by atoms with E-state index < -0.39 is 12.1 Å². The molecule has 116 valence electrons. The van der Waals surface area contributed by atoms with Gasteiger partial charge in [-0.3, -0.25) is 4.79 Å². The van der Waals surface area contributed by atoms with Crippen LogP contribution in [-0.4, -0.2) is 28.3 Å². The van der Waals surface area contributed by atoms with Crippen molar-refractivity contribution in [3.63, 3.8) is 0 Å². The maximum absolute atomic E-state index is 10.8. The number of aryl methyl sites for hydroxylation is 2. The molecule has 21 heavy (non-hydrogen) atoms. The molecule has 0 amide bonds. The van der Waals surface area contributed by atoms with Crippen LogP contribution in [0.1, 0.15) is 55.9 Å². The van der Waals surface area contributed by atoms with Crippen molar-refractivity contribution < 1.29 is 15.0 Å². The van der Waals surface area contributed by atoms with Crippen molar-refractivity contribution in [3.05, 3.63) is 34.9 Å². The molecule has 1 aliphatic rings. The zero-order valence-electron chi connectivity index (χ0n) is 12.8. The number of rotatable bonds is 7. The topological polar surface area (TPSA) is 69.6 Å². The Morgan fingerprint density at radius 1 is 1.29 bits per heavy atom. The van der Waals surface area contributed by atoms with Gasteiger partial charge in [-0.2, -0.15) is 0 Å². The molecule has 1 aliphatic carbocycles. The maximum atomic E-state index is 10.8. The summed E-state index contributed by atoms with van der Waals surface area (Å²) in [5, 5.41) is 22.8. The molecular weight excluding hydrogens is 266 g/mol. The summed E-state index contributed by atoms with van der Waals surface area (Å²) in [6.07, 6.45) is 3.20. The number of aliphatic carboxylic acids is 1. The van der Waals surface area contributed by atoms with Crippen LogP contribution in [0.25, 0.3) is 0 Å². The highest BCUT2D eigenvalue weighted by Crippen LogP contribution is 2.27. The first-order valence-electron chi connectivity index (χ1n) is 7.75. The lowest BCUT2D eigenvalue weighted by Crippen LogP contribution is -2.39. The summed E-state index contributed by atoms with van der Waals surface area (Å²) in [6.45, 7) is 4.01. The number of fused-ring (bicyclic) bond motifs is 1. The van der Waals surface area contributed by atoms with Crippen LogP contribution >= 0.6 is 0 Å². The normalized spacial score (nSPS) is 16.8. The Labute approximate surface area is 126 Å². The molecule has 0 heterocycles. The van der Waals surface area contributed by atoms with Crippen molar-refractivity contribution in [2.45, 2.75) is 64.1 Å². The highest BCUT2D eigenvalue weighted by molar-refractivity contribution is 5.66. The number of nitrogens with one attached hydrogen (secondary N) is 1. The average molecular weight is 291 g/mol. The Morgan fingerprint density at radius 3 is 2.67 bits per heavy atom. The van der Waals surface area contributed by atoms with Crippen LogP contribution in [0.15, 0.2) is 18.2 Å².